The van der Waals surface area contributed by atoms with Gasteiger partial charge in [-0.05, 0) is 36.3 Å². The average Bonchev–Trinajstić information content (AvgIpc) is 3.31. The molecule has 2 heterocycles. The largest absolute Gasteiger partial charge is 0.492 e. The summed E-state index contributed by atoms with van der Waals surface area (Å²) >= 11 is 0. The Morgan fingerprint density at radius 2 is 1.94 bits per heavy atom. The maximum absolute atomic E-state index is 12.7. The molecule has 0 unspecified atom stereocenters. The van der Waals surface area contributed by atoms with Crippen LogP contribution < -0.4 is 19.5 Å². The Balaban J connectivity index is 1.70. The predicted molar refractivity (Wildman–Crippen MR) is 121 cm³/mol. The van der Waals surface area contributed by atoms with E-state index in [0.717, 1.165) is 4.90 Å². The number of methoxy groups -OCH3 is 1. The van der Waals surface area contributed by atoms with Gasteiger partial charge in [0.2, 0.25) is 12.5 Å². The first kappa shape index (κ1) is 22.8. The number of nitrogens with one attached hydrogen (secondary N) is 1. The van der Waals surface area contributed by atoms with Gasteiger partial charge in [0.05, 0.1) is 7.11 Å². The van der Waals surface area contributed by atoms with E-state index >= 15 is 0 Å². The van der Waals surface area contributed by atoms with Gasteiger partial charge in [-0.2, -0.15) is 0 Å². The minimum Gasteiger partial charge on any atom is -0.492 e. The van der Waals surface area contributed by atoms with Gasteiger partial charge in [-0.25, -0.2) is 4.79 Å². The van der Waals surface area contributed by atoms with Crippen LogP contribution >= 0.6 is 0 Å². The molecule has 10 heteroatoms. The zero-order valence-corrected chi connectivity index (χ0v) is 18.9. The zero-order valence-electron chi connectivity index (χ0n) is 18.9. The van der Waals surface area contributed by atoms with Crippen LogP contribution in [0.15, 0.2) is 42.0 Å². The summed E-state index contributed by atoms with van der Waals surface area (Å²) in [6.45, 7) is 0.333. The van der Waals surface area contributed by atoms with Crippen molar-refractivity contribution in [3.05, 3.63) is 58.7 Å². The quantitative estimate of drug-likeness (QED) is 0.511. The summed E-state index contributed by atoms with van der Waals surface area (Å²) in [7, 11) is 4.41. The third kappa shape index (κ3) is 4.17. The third-order valence-electron chi connectivity index (χ3n) is 5.63. The van der Waals surface area contributed by atoms with Crippen LogP contribution in [0, 0.1) is 0 Å². The minimum absolute atomic E-state index is 0.00574. The first-order valence-corrected chi connectivity index (χ1v) is 10.5. The van der Waals surface area contributed by atoms with Gasteiger partial charge >= 0.3 is 6.03 Å². The van der Waals surface area contributed by atoms with E-state index in [1.165, 1.54) is 20.2 Å². The van der Waals surface area contributed by atoms with Crippen LogP contribution in [-0.4, -0.2) is 68.1 Å². The highest BCUT2D eigenvalue weighted by atomic mass is 16.7. The summed E-state index contributed by atoms with van der Waals surface area (Å²) in [5.74, 6) is -0.603. The molecule has 0 radical (unpaired) electrons. The maximum Gasteiger partial charge on any atom is 0.331 e. The van der Waals surface area contributed by atoms with Gasteiger partial charge in [0.25, 0.3) is 17.7 Å². The smallest absolute Gasteiger partial charge is 0.331 e. The highest BCUT2D eigenvalue weighted by molar-refractivity contribution is 6.31. The predicted octanol–water partition coefficient (Wildman–Crippen LogP) is 1.83. The molecule has 10 nitrogen and oxygen atoms in total. The molecule has 0 spiro atoms. The monoisotopic (exact) mass is 465 g/mol. The Kier molecular flexibility index (Phi) is 6.22. The number of carbonyl (C=O) groups is 4. The molecule has 1 N–H and O–H groups in total. The Morgan fingerprint density at radius 3 is 2.65 bits per heavy atom. The van der Waals surface area contributed by atoms with E-state index in [4.69, 9.17) is 14.2 Å². The first-order valence-electron chi connectivity index (χ1n) is 10.5. The number of nitrogens with zero attached hydrogens (tertiary/aromatic N) is 2. The van der Waals surface area contributed by atoms with E-state index in [0.29, 0.717) is 41.2 Å². The Labute approximate surface area is 195 Å². The molecule has 34 heavy (non-hydrogen) atoms. The van der Waals surface area contributed by atoms with Crippen molar-refractivity contribution in [2.45, 2.75) is 6.42 Å². The second-order valence-electron chi connectivity index (χ2n) is 7.74. The number of barbiturate groups is 1. The molecule has 2 aliphatic rings. The number of amides is 5. The molecule has 2 aliphatic heterocycles. The minimum atomic E-state index is -0.810. The molecule has 1 fully saturated rings. The normalized spacial score (nSPS) is 16.0. The lowest BCUT2D eigenvalue weighted by Crippen LogP contribution is -2.52. The topological polar surface area (TPSA) is 114 Å². The molecule has 2 aromatic rings. The number of carbonyl (C=O) groups excluding carboxylic acids is 4. The highest BCUT2D eigenvalue weighted by Gasteiger charge is 2.34. The van der Waals surface area contributed by atoms with Gasteiger partial charge in [-0.15, -0.1) is 0 Å². The van der Waals surface area contributed by atoms with E-state index < -0.39 is 17.8 Å². The fourth-order valence-electron chi connectivity index (χ4n) is 3.73. The van der Waals surface area contributed by atoms with Gasteiger partial charge in [-0.3, -0.25) is 24.6 Å². The van der Waals surface area contributed by atoms with E-state index in [1.54, 1.807) is 42.3 Å². The van der Waals surface area contributed by atoms with Crippen molar-refractivity contribution in [3.63, 3.8) is 0 Å². The summed E-state index contributed by atoms with van der Waals surface area (Å²) in [6, 6.07) is 9.84. The number of urea groups is 1. The fraction of sp³-hybridized carbons (Fsp3) is 0.250. The van der Waals surface area contributed by atoms with Gasteiger partial charge < -0.3 is 19.1 Å². The van der Waals surface area contributed by atoms with Crippen LogP contribution in [0.5, 0.6) is 17.2 Å². The Hall–Kier alpha value is -4.34. The van der Waals surface area contributed by atoms with Crippen molar-refractivity contribution in [3.8, 4) is 17.2 Å². The van der Waals surface area contributed by atoms with Crippen molar-refractivity contribution >= 4 is 29.8 Å². The van der Waals surface area contributed by atoms with Crippen molar-refractivity contribution in [1.29, 1.82) is 0 Å². The summed E-state index contributed by atoms with van der Waals surface area (Å²) in [4.78, 5) is 52.0. The van der Waals surface area contributed by atoms with E-state index in [1.807, 2.05) is 6.07 Å². The lowest BCUT2D eigenvalue weighted by atomic mass is 9.98. The van der Waals surface area contributed by atoms with Gasteiger partial charge in [-0.1, -0.05) is 18.2 Å². The van der Waals surface area contributed by atoms with Gasteiger partial charge in [0.1, 0.15) is 5.57 Å². The molecule has 5 amide bonds. The molecule has 0 atom stereocenters. The number of hydrogen-bond donors (Lipinski definition) is 1. The Bertz CT molecular complexity index is 1210. The fourth-order valence-corrected chi connectivity index (χ4v) is 3.73. The SMILES string of the molecule is COc1c(/C=C2/C(=O)NC(=O)N(C)C2=O)c(CCN(C)C(=O)c2ccccc2)cc2c1OCO2. The number of imide groups is 2. The van der Waals surface area contributed by atoms with Crippen LogP contribution in [-0.2, 0) is 16.0 Å². The summed E-state index contributed by atoms with van der Waals surface area (Å²) in [5, 5.41) is 2.13. The van der Waals surface area contributed by atoms with Crippen molar-refractivity contribution in [2.24, 2.45) is 0 Å². The number of fused-ring (bicyclic) bond motifs is 1. The number of likely N-dealkylation sites (N-methyl/N-ethyl adjacent to an activating group) is 2. The molecule has 1 saturated heterocycles. The van der Waals surface area contributed by atoms with Crippen LogP contribution in [0.25, 0.3) is 6.08 Å². The van der Waals surface area contributed by atoms with Crippen LogP contribution in [0.1, 0.15) is 21.5 Å². The number of ether oxygens (including phenoxy) is 3. The second-order valence-corrected chi connectivity index (χ2v) is 7.74. The second kappa shape index (κ2) is 9.26. The molecule has 176 valence electrons. The molecule has 0 aliphatic carbocycles. The molecule has 0 aromatic heterocycles. The van der Waals surface area contributed by atoms with Crippen LogP contribution in [0.3, 0.4) is 0 Å². The van der Waals surface area contributed by atoms with Crippen molar-refractivity contribution in [1.82, 2.24) is 15.1 Å². The lowest BCUT2D eigenvalue weighted by Gasteiger charge is -2.23. The molecular weight excluding hydrogens is 442 g/mol. The van der Waals surface area contributed by atoms with Crippen LogP contribution in [0.4, 0.5) is 4.79 Å². The number of rotatable bonds is 6. The number of benzene rings is 2. The average molecular weight is 465 g/mol. The zero-order chi connectivity index (χ0) is 24.4. The molecule has 0 bridgehead atoms. The summed E-state index contributed by atoms with van der Waals surface area (Å²) < 4.78 is 16.6. The lowest BCUT2D eigenvalue weighted by molar-refractivity contribution is -0.129. The standard InChI is InChI=1S/C24H23N3O7/c1-26(22(29)14-7-5-4-6-8-14)10-9-15-11-18-20(34-13-33-18)19(32-3)16(15)12-17-21(28)25-24(31)27(2)23(17)30/h4-8,11-12H,9-10,13H2,1-3H3,(H,25,28,31)/b17-12-. The van der Waals surface area contributed by atoms with Gasteiger partial charge in [0, 0.05) is 31.8 Å². The Morgan fingerprint density at radius 1 is 1.21 bits per heavy atom. The van der Waals surface area contributed by atoms with Crippen molar-refractivity contribution < 1.29 is 33.4 Å². The molecule has 2 aromatic carbocycles. The first-order chi connectivity index (χ1) is 16.3. The number of hydrogen-bond acceptors (Lipinski definition) is 7. The summed E-state index contributed by atoms with van der Waals surface area (Å²) in [6.07, 6.45) is 1.74. The molecule has 0 saturated carbocycles. The van der Waals surface area contributed by atoms with E-state index in [9.17, 15) is 19.2 Å². The molecular formula is C24H23N3O7. The third-order valence-corrected chi connectivity index (χ3v) is 5.63. The van der Waals surface area contributed by atoms with Gasteiger partial charge in [0.15, 0.2) is 11.5 Å². The maximum atomic E-state index is 12.7. The van der Waals surface area contributed by atoms with E-state index in [-0.39, 0.29) is 24.0 Å². The highest BCUT2D eigenvalue weighted by Crippen LogP contribution is 2.46. The van der Waals surface area contributed by atoms with Crippen LogP contribution in [0.2, 0.25) is 0 Å². The molecule has 4 rings (SSSR count). The van der Waals surface area contributed by atoms with Crippen molar-refractivity contribution in [2.75, 3.05) is 34.5 Å². The summed E-state index contributed by atoms with van der Waals surface area (Å²) in [5.41, 5.74) is 1.43. The van der Waals surface area contributed by atoms with E-state index in [2.05, 4.69) is 5.32 Å².